The summed E-state index contributed by atoms with van der Waals surface area (Å²) in [5.41, 5.74) is 1.75. The van der Waals surface area contributed by atoms with Gasteiger partial charge in [0.2, 0.25) is 0 Å². The SMILES string of the molecule is Clc1ccccc1CO/N=[C]\c1cccc(Br)c1. The van der Waals surface area contributed by atoms with Crippen LogP contribution in [-0.2, 0) is 11.4 Å². The second kappa shape index (κ2) is 6.57. The van der Waals surface area contributed by atoms with E-state index in [1.54, 1.807) is 0 Å². The normalized spacial score (nSPS) is 10.8. The van der Waals surface area contributed by atoms with Crippen LogP contribution in [0.5, 0.6) is 0 Å². The smallest absolute Gasteiger partial charge is 0.143 e. The summed E-state index contributed by atoms with van der Waals surface area (Å²) in [7, 11) is 0. The zero-order valence-corrected chi connectivity index (χ0v) is 11.8. The fourth-order valence-electron chi connectivity index (χ4n) is 1.36. The van der Waals surface area contributed by atoms with Gasteiger partial charge >= 0.3 is 0 Å². The van der Waals surface area contributed by atoms with Crippen LogP contribution in [0.3, 0.4) is 0 Å². The van der Waals surface area contributed by atoms with E-state index >= 15 is 0 Å². The number of halogens is 2. The molecule has 0 amide bonds. The van der Waals surface area contributed by atoms with E-state index in [1.165, 1.54) is 0 Å². The maximum Gasteiger partial charge on any atom is 0.143 e. The van der Waals surface area contributed by atoms with E-state index in [9.17, 15) is 0 Å². The average Bonchev–Trinajstić information content (AvgIpc) is 2.37. The third-order valence-corrected chi connectivity index (χ3v) is 3.10. The molecule has 2 nitrogen and oxygen atoms in total. The predicted molar refractivity (Wildman–Crippen MR) is 76.9 cm³/mol. The summed E-state index contributed by atoms with van der Waals surface area (Å²) in [5.74, 6) is 0. The molecule has 0 aliphatic rings. The number of hydrogen-bond donors (Lipinski definition) is 0. The van der Waals surface area contributed by atoms with Gasteiger partial charge in [0.05, 0.1) is 0 Å². The van der Waals surface area contributed by atoms with E-state index in [2.05, 4.69) is 27.3 Å². The first-order valence-electron chi connectivity index (χ1n) is 5.33. The van der Waals surface area contributed by atoms with E-state index in [-0.39, 0.29) is 0 Å². The first-order valence-corrected chi connectivity index (χ1v) is 6.50. The molecule has 0 atom stereocenters. The van der Waals surface area contributed by atoms with E-state index in [0.29, 0.717) is 11.6 Å². The highest BCUT2D eigenvalue weighted by Crippen LogP contribution is 2.15. The number of rotatable bonds is 4. The monoisotopic (exact) mass is 322 g/mol. The van der Waals surface area contributed by atoms with Crippen LogP contribution in [0.2, 0.25) is 5.02 Å². The maximum absolute atomic E-state index is 5.99. The van der Waals surface area contributed by atoms with Gasteiger partial charge in [-0.15, -0.1) is 0 Å². The third-order valence-electron chi connectivity index (χ3n) is 2.24. The summed E-state index contributed by atoms with van der Waals surface area (Å²) in [6.07, 6.45) is 2.80. The molecule has 0 unspecified atom stereocenters. The Morgan fingerprint density at radius 2 is 2.00 bits per heavy atom. The minimum Gasteiger partial charge on any atom is -0.390 e. The minimum absolute atomic E-state index is 0.334. The molecule has 0 saturated carbocycles. The topological polar surface area (TPSA) is 21.6 Å². The molecule has 0 aliphatic carbocycles. The van der Waals surface area contributed by atoms with Gasteiger partial charge in [-0.3, -0.25) is 0 Å². The van der Waals surface area contributed by atoms with Gasteiger partial charge in [0.25, 0.3) is 0 Å². The molecule has 2 rings (SSSR count). The number of nitrogens with zero attached hydrogens (tertiary/aromatic N) is 1. The summed E-state index contributed by atoms with van der Waals surface area (Å²) < 4.78 is 0.980. The van der Waals surface area contributed by atoms with Crippen LogP contribution in [0.25, 0.3) is 0 Å². The molecule has 0 fully saturated rings. The summed E-state index contributed by atoms with van der Waals surface area (Å²) in [5, 5.41) is 4.47. The summed E-state index contributed by atoms with van der Waals surface area (Å²) >= 11 is 9.37. The van der Waals surface area contributed by atoms with Gasteiger partial charge in [0.15, 0.2) is 0 Å². The van der Waals surface area contributed by atoms with Crippen LogP contribution in [0.15, 0.2) is 58.2 Å². The summed E-state index contributed by atoms with van der Waals surface area (Å²) in [4.78, 5) is 5.16. The lowest BCUT2D eigenvalue weighted by Crippen LogP contribution is -1.89. The van der Waals surface area contributed by atoms with Gasteiger partial charge in [0, 0.05) is 20.6 Å². The molecule has 0 aromatic heterocycles. The molecule has 4 heteroatoms. The van der Waals surface area contributed by atoms with Crippen molar-refractivity contribution >= 4 is 33.7 Å². The van der Waals surface area contributed by atoms with Crippen LogP contribution in [0.4, 0.5) is 0 Å². The Morgan fingerprint density at radius 3 is 2.78 bits per heavy atom. The van der Waals surface area contributed by atoms with Crippen molar-refractivity contribution in [1.29, 1.82) is 0 Å². The number of benzene rings is 2. The first kappa shape index (κ1) is 13.1. The Bertz CT molecular complexity index is 557. The molecule has 0 spiro atoms. The molecule has 0 heterocycles. The molecule has 2 aromatic carbocycles. The van der Waals surface area contributed by atoms with Crippen LogP contribution in [-0.4, -0.2) is 6.21 Å². The molecule has 91 valence electrons. The van der Waals surface area contributed by atoms with Crippen molar-refractivity contribution < 1.29 is 4.84 Å². The molecular formula is C14H10BrClNO. The molecule has 0 bridgehead atoms. The van der Waals surface area contributed by atoms with Crippen molar-refractivity contribution in [3.05, 3.63) is 69.2 Å². The van der Waals surface area contributed by atoms with E-state index in [0.717, 1.165) is 15.6 Å². The highest BCUT2D eigenvalue weighted by atomic mass is 79.9. The Kier molecular flexibility index (Phi) is 4.79. The van der Waals surface area contributed by atoms with Crippen molar-refractivity contribution in [2.24, 2.45) is 5.16 Å². The standard InChI is InChI=1S/C14H10BrClNO/c15-13-6-3-4-11(8-13)9-17-18-10-12-5-1-2-7-14(12)16/h1-8H,10H2. The molecule has 2 aromatic rings. The average molecular weight is 324 g/mol. The highest BCUT2D eigenvalue weighted by Gasteiger charge is 1.98. The summed E-state index contributed by atoms with van der Waals surface area (Å²) in [6.45, 7) is 0.334. The lowest BCUT2D eigenvalue weighted by atomic mass is 10.2. The number of hydrogen-bond acceptors (Lipinski definition) is 2. The Labute approximate surface area is 119 Å². The van der Waals surface area contributed by atoms with Crippen LogP contribution < -0.4 is 0 Å². The van der Waals surface area contributed by atoms with Gasteiger partial charge in [-0.2, -0.15) is 0 Å². The molecule has 18 heavy (non-hydrogen) atoms. The van der Waals surface area contributed by atoms with E-state index in [1.807, 2.05) is 48.5 Å². The van der Waals surface area contributed by atoms with E-state index in [4.69, 9.17) is 16.4 Å². The van der Waals surface area contributed by atoms with Crippen molar-refractivity contribution in [2.45, 2.75) is 6.61 Å². The molecule has 1 radical (unpaired) electrons. The van der Waals surface area contributed by atoms with E-state index < -0.39 is 0 Å². The summed E-state index contributed by atoms with van der Waals surface area (Å²) in [6, 6.07) is 15.2. The van der Waals surface area contributed by atoms with Crippen LogP contribution in [0, 0.1) is 0 Å². The van der Waals surface area contributed by atoms with Gasteiger partial charge in [-0.05, 0) is 18.2 Å². The third kappa shape index (κ3) is 3.86. The predicted octanol–water partition coefficient (Wildman–Crippen LogP) is 4.53. The second-order valence-corrected chi connectivity index (χ2v) is 4.90. The molecule has 0 N–H and O–H groups in total. The zero-order chi connectivity index (χ0) is 12.8. The van der Waals surface area contributed by atoms with Gasteiger partial charge in [0.1, 0.15) is 12.8 Å². The zero-order valence-electron chi connectivity index (χ0n) is 9.44. The van der Waals surface area contributed by atoms with Crippen LogP contribution in [0.1, 0.15) is 11.1 Å². The molecular weight excluding hydrogens is 314 g/mol. The Hall–Kier alpha value is -1.32. The second-order valence-electron chi connectivity index (χ2n) is 3.58. The van der Waals surface area contributed by atoms with Gasteiger partial charge in [-0.25, -0.2) is 0 Å². The van der Waals surface area contributed by atoms with Crippen molar-refractivity contribution in [1.82, 2.24) is 0 Å². The fourth-order valence-corrected chi connectivity index (χ4v) is 1.95. The first-order chi connectivity index (χ1) is 8.75. The van der Waals surface area contributed by atoms with Gasteiger partial charge in [-0.1, -0.05) is 63.0 Å². The maximum atomic E-state index is 5.99. The minimum atomic E-state index is 0.334. The lowest BCUT2D eigenvalue weighted by molar-refractivity contribution is 0.132. The molecule has 0 saturated heterocycles. The quantitative estimate of drug-likeness (QED) is 0.598. The Morgan fingerprint density at radius 1 is 1.17 bits per heavy atom. The van der Waals surface area contributed by atoms with Crippen LogP contribution >= 0.6 is 27.5 Å². The fraction of sp³-hybridized carbons (Fsp3) is 0.0714. The van der Waals surface area contributed by atoms with Gasteiger partial charge < -0.3 is 4.84 Å². The largest absolute Gasteiger partial charge is 0.390 e. The lowest BCUT2D eigenvalue weighted by Gasteiger charge is -2.01. The highest BCUT2D eigenvalue weighted by molar-refractivity contribution is 9.10. The van der Waals surface area contributed by atoms with Crippen molar-refractivity contribution in [2.75, 3.05) is 0 Å². The Balaban J connectivity index is 1.91. The molecule has 0 aliphatic heterocycles. The van der Waals surface area contributed by atoms with Crippen molar-refractivity contribution in [3.8, 4) is 0 Å². The van der Waals surface area contributed by atoms with Crippen molar-refractivity contribution in [3.63, 3.8) is 0 Å².